The van der Waals surface area contributed by atoms with Crippen LogP contribution >= 0.6 is 0 Å². The molecule has 3 N–H and O–H groups in total. The van der Waals surface area contributed by atoms with Gasteiger partial charge in [0.05, 0.1) is 40.5 Å². The third-order valence-electron chi connectivity index (χ3n) is 3.92. The number of hydrogen-bond donors (Lipinski definition) is 3. The number of carboxylic acid groups (broad SMARTS) is 1. The second-order valence-electron chi connectivity index (χ2n) is 5.55. The number of ether oxygens (including phenoxy) is 1. The zero-order valence-corrected chi connectivity index (χ0v) is 14.5. The molecule has 1 aliphatic rings. The summed E-state index contributed by atoms with van der Waals surface area (Å²) in [5, 5.41) is 35.3. The summed E-state index contributed by atoms with van der Waals surface area (Å²) < 4.78 is 5.02. The first-order valence-corrected chi connectivity index (χ1v) is 7.85. The van der Waals surface area contributed by atoms with Gasteiger partial charge in [0, 0.05) is 17.8 Å². The lowest BCUT2D eigenvalue weighted by Crippen LogP contribution is -2.33. The third kappa shape index (κ3) is 3.94. The SMILES string of the molecule is CCOC(=O)C1=C(C=NO)NC(C)=C(C(=O)O)C1c1cccc([N+](=O)[O-])c1. The maximum atomic E-state index is 12.5. The molecule has 0 amide bonds. The molecule has 0 saturated carbocycles. The normalized spacial score (nSPS) is 17.0. The molecule has 0 radical (unpaired) electrons. The van der Waals surface area contributed by atoms with Crippen LogP contribution < -0.4 is 5.32 Å². The first-order valence-electron chi connectivity index (χ1n) is 7.85. The van der Waals surface area contributed by atoms with Crippen molar-refractivity contribution in [2.45, 2.75) is 19.8 Å². The number of carboxylic acids is 1. The van der Waals surface area contributed by atoms with Crippen molar-refractivity contribution in [3.05, 3.63) is 62.5 Å². The highest BCUT2D eigenvalue weighted by atomic mass is 16.6. The number of hydrogen-bond acceptors (Lipinski definition) is 8. The van der Waals surface area contributed by atoms with Crippen molar-refractivity contribution < 1.29 is 29.6 Å². The lowest BCUT2D eigenvalue weighted by Gasteiger charge is -2.29. The molecular weight excluding hydrogens is 358 g/mol. The summed E-state index contributed by atoms with van der Waals surface area (Å²) in [6, 6.07) is 5.32. The average molecular weight is 375 g/mol. The molecule has 1 aromatic carbocycles. The molecule has 1 heterocycles. The molecule has 1 unspecified atom stereocenters. The van der Waals surface area contributed by atoms with Crippen molar-refractivity contribution in [1.82, 2.24) is 5.32 Å². The Labute approximate surface area is 153 Å². The summed E-state index contributed by atoms with van der Waals surface area (Å²) in [5.74, 6) is -3.29. The maximum Gasteiger partial charge on any atom is 0.337 e. The number of nitrogens with one attached hydrogen (secondary N) is 1. The molecule has 0 spiro atoms. The number of carbonyl (C=O) groups excluding carboxylic acids is 1. The number of nitro benzene ring substituents is 1. The number of aliphatic carboxylic acids is 1. The van der Waals surface area contributed by atoms with Crippen LogP contribution in [0.25, 0.3) is 0 Å². The molecule has 1 aromatic rings. The quantitative estimate of drug-likeness (QED) is 0.224. The van der Waals surface area contributed by atoms with Crippen molar-refractivity contribution in [1.29, 1.82) is 0 Å². The average Bonchev–Trinajstić information content (AvgIpc) is 2.61. The molecule has 27 heavy (non-hydrogen) atoms. The van der Waals surface area contributed by atoms with E-state index in [0.717, 1.165) is 6.21 Å². The van der Waals surface area contributed by atoms with Crippen LogP contribution in [0.3, 0.4) is 0 Å². The number of allylic oxidation sites excluding steroid dienone is 2. The van der Waals surface area contributed by atoms with Gasteiger partial charge in [0.1, 0.15) is 0 Å². The molecule has 0 fully saturated rings. The number of rotatable bonds is 6. The zero-order chi connectivity index (χ0) is 20.1. The second-order valence-corrected chi connectivity index (χ2v) is 5.55. The fourth-order valence-corrected chi connectivity index (χ4v) is 2.88. The largest absolute Gasteiger partial charge is 0.478 e. The Bertz CT molecular complexity index is 886. The summed E-state index contributed by atoms with van der Waals surface area (Å²) in [6.45, 7) is 3.08. The van der Waals surface area contributed by atoms with Gasteiger partial charge in [0.25, 0.3) is 5.69 Å². The highest BCUT2D eigenvalue weighted by Crippen LogP contribution is 2.39. The Morgan fingerprint density at radius 2 is 2.11 bits per heavy atom. The van der Waals surface area contributed by atoms with Crippen LogP contribution in [0.5, 0.6) is 0 Å². The number of carbonyl (C=O) groups is 2. The van der Waals surface area contributed by atoms with Crippen LogP contribution in [0.2, 0.25) is 0 Å². The molecule has 0 saturated heterocycles. The highest BCUT2D eigenvalue weighted by Gasteiger charge is 2.38. The van der Waals surface area contributed by atoms with E-state index in [9.17, 15) is 24.8 Å². The fourth-order valence-electron chi connectivity index (χ4n) is 2.88. The second kappa shape index (κ2) is 8.13. The number of nitro groups is 1. The van der Waals surface area contributed by atoms with E-state index in [1.165, 1.54) is 31.2 Å². The smallest absolute Gasteiger partial charge is 0.337 e. The Morgan fingerprint density at radius 3 is 2.67 bits per heavy atom. The van der Waals surface area contributed by atoms with Gasteiger partial charge in [-0.05, 0) is 19.4 Å². The predicted molar refractivity (Wildman–Crippen MR) is 93.2 cm³/mol. The minimum Gasteiger partial charge on any atom is -0.478 e. The van der Waals surface area contributed by atoms with Crippen LogP contribution in [0, 0.1) is 10.1 Å². The molecule has 10 nitrogen and oxygen atoms in total. The molecular formula is C17H17N3O7. The van der Waals surface area contributed by atoms with Crippen LogP contribution in [-0.4, -0.2) is 40.0 Å². The van der Waals surface area contributed by atoms with Crippen molar-refractivity contribution >= 4 is 23.8 Å². The van der Waals surface area contributed by atoms with Gasteiger partial charge in [0.15, 0.2) is 0 Å². The number of nitrogens with zero attached hydrogens (tertiary/aromatic N) is 2. The van der Waals surface area contributed by atoms with E-state index in [1.54, 1.807) is 6.92 Å². The van der Waals surface area contributed by atoms with Gasteiger partial charge in [-0.1, -0.05) is 17.3 Å². The lowest BCUT2D eigenvalue weighted by atomic mass is 9.80. The van der Waals surface area contributed by atoms with Crippen molar-refractivity contribution in [2.24, 2.45) is 5.16 Å². The van der Waals surface area contributed by atoms with E-state index in [1.807, 2.05) is 0 Å². The fraction of sp³-hybridized carbons (Fsp3) is 0.235. The van der Waals surface area contributed by atoms with E-state index in [-0.39, 0.29) is 40.4 Å². The molecule has 1 atom stereocenters. The topological polar surface area (TPSA) is 151 Å². The maximum absolute atomic E-state index is 12.5. The summed E-state index contributed by atoms with van der Waals surface area (Å²) >= 11 is 0. The van der Waals surface area contributed by atoms with E-state index < -0.39 is 22.8 Å². The lowest BCUT2D eigenvalue weighted by molar-refractivity contribution is -0.384. The zero-order valence-electron chi connectivity index (χ0n) is 14.5. The molecule has 2 rings (SSSR count). The van der Waals surface area contributed by atoms with Crippen LogP contribution in [0.15, 0.2) is 52.0 Å². The Morgan fingerprint density at radius 1 is 1.41 bits per heavy atom. The monoisotopic (exact) mass is 375 g/mol. The number of benzene rings is 1. The van der Waals surface area contributed by atoms with Gasteiger partial charge in [-0.2, -0.15) is 0 Å². The Balaban J connectivity index is 2.78. The number of non-ortho nitro benzene ring substituents is 1. The molecule has 10 heteroatoms. The Kier molecular flexibility index (Phi) is 5.91. The summed E-state index contributed by atoms with van der Waals surface area (Å²) in [6.07, 6.45) is 0.943. The first-order chi connectivity index (χ1) is 12.8. The minimum atomic E-state index is -1.31. The number of oxime groups is 1. The van der Waals surface area contributed by atoms with Gasteiger partial charge >= 0.3 is 11.9 Å². The van der Waals surface area contributed by atoms with Crippen molar-refractivity contribution in [3.63, 3.8) is 0 Å². The van der Waals surface area contributed by atoms with E-state index in [0.29, 0.717) is 0 Å². The number of esters is 1. The number of dihydropyridines is 1. The van der Waals surface area contributed by atoms with Gasteiger partial charge in [-0.25, -0.2) is 9.59 Å². The van der Waals surface area contributed by atoms with Crippen LogP contribution in [0.4, 0.5) is 5.69 Å². The molecule has 142 valence electrons. The molecule has 0 aliphatic carbocycles. The van der Waals surface area contributed by atoms with E-state index >= 15 is 0 Å². The van der Waals surface area contributed by atoms with Gasteiger partial charge in [-0.3, -0.25) is 10.1 Å². The third-order valence-corrected chi connectivity index (χ3v) is 3.92. The van der Waals surface area contributed by atoms with Gasteiger partial charge in [-0.15, -0.1) is 0 Å². The van der Waals surface area contributed by atoms with Gasteiger partial charge < -0.3 is 20.4 Å². The highest BCUT2D eigenvalue weighted by molar-refractivity contribution is 6.03. The summed E-state index contributed by atoms with van der Waals surface area (Å²) in [4.78, 5) is 34.9. The first kappa shape index (κ1) is 19.6. The van der Waals surface area contributed by atoms with Gasteiger partial charge in [0.2, 0.25) is 0 Å². The van der Waals surface area contributed by atoms with E-state index in [2.05, 4.69) is 10.5 Å². The summed E-state index contributed by atoms with van der Waals surface area (Å²) in [7, 11) is 0. The van der Waals surface area contributed by atoms with Crippen LogP contribution in [0.1, 0.15) is 25.3 Å². The standard InChI is InChI=1S/C17H17N3O7/c1-3-27-17(23)15-12(8-18-24)19-9(2)13(16(21)22)14(15)10-5-4-6-11(7-10)20(25)26/h4-8,14,19,24H,3H2,1-2H3,(H,21,22). The van der Waals surface area contributed by atoms with Crippen LogP contribution in [-0.2, 0) is 14.3 Å². The molecule has 0 aromatic heterocycles. The van der Waals surface area contributed by atoms with E-state index in [4.69, 9.17) is 9.94 Å². The predicted octanol–water partition coefficient (Wildman–Crippen LogP) is 1.92. The Hall–Kier alpha value is -3.69. The van der Waals surface area contributed by atoms with Crippen molar-refractivity contribution in [3.8, 4) is 0 Å². The minimum absolute atomic E-state index is 0.0264. The van der Waals surface area contributed by atoms with Crippen molar-refractivity contribution in [2.75, 3.05) is 6.61 Å². The molecule has 1 aliphatic heterocycles. The summed E-state index contributed by atoms with van der Waals surface area (Å²) in [5.41, 5.74) is -0.105. The molecule has 0 bridgehead atoms.